The van der Waals surface area contributed by atoms with Crippen LogP contribution in [0.5, 0.6) is 0 Å². The molecule has 2 heteroatoms. The molecule has 5 aromatic carbocycles. The number of anilines is 3. The van der Waals surface area contributed by atoms with Gasteiger partial charge >= 0.3 is 0 Å². The summed E-state index contributed by atoms with van der Waals surface area (Å²) in [6.07, 6.45) is 0. The number of rotatable bonds is 5. The SMILES string of the molecule is CC(c1ccc(N(c2ccccc2)c2ccc3ccccc3c2)cc1)c1cccc(C#N)c1. The van der Waals surface area contributed by atoms with E-state index in [0.29, 0.717) is 5.56 Å². The summed E-state index contributed by atoms with van der Waals surface area (Å²) in [5.41, 5.74) is 6.43. The van der Waals surface area contributed by atoms with E-state index in [-0.39, 0.29) is 5.92 Å². The molecule has 33 heavy (non-hydrogen) atoms. The monoisotopic (exact) mass is 424 g/mol. The molecule has 0 fully saturated rings. The normalized spacial score (nSPS) is 11.6. The average molecular weight is 425 g/mol. The van der Waals surface area contributed by atoms with Gasteiger partial charge in [-0.2, -0.15) is 5.26 Å². The molecule has 0 saturated heterocycles. The number of para-hydroxylation sites is 1. The van der Waals surface area contributed by atoms with E-state index in [4.69, 9.17) is 0 Å². The second-order valence-electron chi connectivity index (χ2n) is 8.25. The first-order chi connectivity index (χ1) is 16.2. The van der Waals surface area contributed by atoms with Crippen molar-refractivity contribution in [2.24, 2.45) is 0 Å². The van der Waals surface area contributed by atoms with Gasteiger partial charge in [0.15, 0.2) is 0 Å². The maximum atomic E-state index is 9.24. The molecule has 158 valence electrons. The highest BCUT2D eigenvalue weighted by atomic mass is 15.1. The minimum atomic E-state index is 0.207. The lowest BCUT2D eigenvalue weighted by Crippen LogP contribution is -2.10. The van der Waals surface area contributed by atoms with Crippen molar-refractivity contribution < 1.29 is 0 Å². The maximum Gasteiger partial charge on any atom is 0.0991 e. The standard InChI is InChI=1S/C31H24N2/c1-23(27-11-7-8-24(20-27)22-32)25-14-17-30(18-15-25)33(29-12-3-2-4-13-29)31-19-16-26-9-5-6-10-28(26)21-31/h2-21,23H,1H3. The summed E-state index contributed by atoms with van der Waals surface area (Å²) < 4.78 is 0. The number of hydrogen-bond donors (Lipinski definition) is 0. The number of fused-ring (bicyclic) bond motifs is 1. The van der Waals surface area contributed by atoms with Gasteiger partial charge in [0.1, 0.15) is 0 Å². The molecule has 2 nitrogen and oxygen atoms in total. The van der Waals surface area contributed by atoms with Crippen molar-refractivity contribution in [2.75, 3.05) is 4.90 Å². The van der Waals surface area contributed by atoms with E-state index in [0.717, 1.165) is 22.6 Å². The Morgan fingerprint density at radius 2 is 1.24 bits per heavy atom. The van der Waals surface area contributed by atoms with Gasteiger partial charge in [0.05, 0.1) is 11.6 Å². The Labute approximate surface area is 195 Å². The number of hydrogen-bond acceptors (Lipinski definition) is 2. The van der Waals surface area contributed by atoms with Crippen molar-refractivity contribution >= 4 is 27.8 Å². The first-order valence-electron chi connectivity index (χ1n) is 11.2. The van der Waals surface area contributed by atoms with Crippen LogP contribution in [0.1, 0.15) is 29.5 Å². The van der Waals surface area contributed by atoms with Gasteiger partial charge in [0.25, 0.3) is 0 Å². The second-order valence-corrected chi connectivity index (χ2v) is 8.25. The lowest BCUT2D eigenvalue weighted by Gasteiger charge is -2.26. The molecule has 0 aliphatic rings. The molecular weight excluding hydrogens is 400 g/mol. The summed E-state index contributed by atoms with van der Waals surface area (Å²) >= 11 is 0. The van der Waals surface area contributed by atoms with E-state index in [1.807, 2.05) is 24.3 Å². The van der Waals surface area contributed by atoms with E-state index in [1.54, 1.807) is 0 Å². The molecule has 0 amide bonds. The molecule has 1 atom stereocenters. The Bertz CT molecular complexity index is 1430. The second kappa shape index (κ2) is 9.02. The Hall–Kier alpha value is -4.35. The third-order valence-corrected chi connectivity index (χ3v) is 6.17. The van der Waals surface area contributed by atoms with E-state index in [2.05, 4.69) is 115 Å². The fourth-order valence-electron chi connectivity index (χ4n) is 4.32. The van der Waals surface area contributed by atoms with Crippen molar-refractivity contribution in [3.05, 3.63) is 138 Å². The average Bonchev–Trinajstić information content (AvgIpc) is 2.89. The van der Waals surface area contributed by atoms with Gasteiger partial charge < -0.3 is 4.90 Å². The van der Waals surface area contributed by atoms with Crippen LogP contribution in [0.4, 0.5) is 17.1 Å². The van der Waals surface area contributed by atoms with Crippen molar-refractivity contribution in [1.82, 2.24) is 0 Å². The Kier molecular flexibility index (Phi) is 5.62. The van der Waals surface area contributed by atoms with Crippen LogP contribution in [-0.4, -0.2) is 0 Å². The van der Waals surface area contributed by atoms with Gasteiger partial charge in [-0.1, -0.05) is 79.7 Å². The minimum absolute atomic E-state index is 0.207. The third kappa shape index (κ3) is 4.22. The van der Waals surface area contributed by atoms with Gasteiger partial charge in [0.2, 0.25) is 0 Å². The summed E-state index contributed by atoms with van der Waals surface area (Å²) in [4.78, 5) is 2.29. The van der Waals surface area contributed by atoms with Gasteiger partial charge in [0, 0.05) is 23.0 Å². The van der Waals surface area contributed by atoms with E-state index in [9.17, 15) is 5.26 Å². The molecule has 0 bridgehead atoms. The van der Waals surface area contributed by atoms with Crippen LogP contribution in [0.3, 0.4) is 0 Å². The van der Waals surface area contributed by atoms with Crippen molar-refractivity contribution in [2.45, 2.75) is 12.8 Å². The smallest absolute Gasteiger partial charge is 0.0991 e. The maximum absolute atomic E-state index is 9.24. The highest BCUT2D eigenvalue weighted by molar-refractivity contribution is 5.89. The number of benzene rings is 5. The number of nitriles is 1. The predicted octanol–water partition coefficient (Wildman–Crippen LogP) is 8.33. The largest absolute Gasteiger partial charge is 0.310 e. The van der Waals surface area contributed by atoms with Gasteiger partial charge in [-0.3, -0.25) is 0 Å². The molecule has 0 saturated carbocycles. The lowest BCUT2D eigenvalue weighted by atomic mass is 9.92. The summed E-state index contributed by atoms with van der Waals surface area (Å²) in [6, 6.07) is 44.4. The Balaban J connectivity index is 1.53. The highest BCUT2D eigenvalue weighted by Crippen LogP contribution is 2.37. The topological polar surface area (TPSA) is 27.0 Å². The number of nitrogens with zero attached hydrogens (tertiary/aromatic N) is 2. The Morgan fingerprint density at radius 3 is 2.00 bits per heavy atom. The molecule has 1 unspecified atom stereocenters. The van der Waals surface area contributed by atoms with Gasteiger partial charge in [-0.15, -0.1) is 0 Å². The van der Waals surface area contributed by atoms with E-state index < -0.39 is 0 Å². The van der Waals surface area contributed by atoms with Crippen LogP contribution in [0, 0.1) is 11.3 Å². The van der Waals surface area contributed by atoms with Gasteiger partial charge in [-0.05, 0) is 70.4 Å². The minimum Gasteiger partial charge on any atom is -0.310 e. The van der Waals surface area contributed by atoms with E-state index >= 15 is 0 Å². The molecule has 0 spiro atoms. The summed E-state index contributed by atoms with van der Waals surface area (Å²) in [6.45, 7) is 2.18. The van der Waals surface area contributed by atoms with Crippen molar-refractivity contribution in [3.63, 3.8) is 0 Å². The van der Waals surface area contributed by atoms with Crippen LogP contribution >= 0.6 is 0 Å². The molecule has 5 rings (SSSR count). The first-order valence-corrected chi connectivity index (χ1v) is 11.2. The zero-order valence-corrected chi connectivity index (χ0v) is 18.5. The van der Waals surface area contributed by atoms with Gasteiger partial charge in [-0.25, -0.2) is 0 Å². The third-order valence-electron chi connectivity index (χ3n) is 6.17. The molecule has 0 aromatic heterocycles. The Morgan fingerprint density at radius 1 is 0.576 bits per heavy atom. The highest BCUT2D eigenvalue weighted by Gasteiger charge is 2.14. The molecule has 0 radical (unpaired) electrons. The zero-order chi connectivity index (χ0) is 22.6. The van der Waals surface area contributed by atoms with Crippen LogP contribution in [0.15, 0.2) is 121 Å². The molecule has 0 N–H and O–H groups in total. The first kappa shape index (κ1) is 20.5. The molecule has 0 aliphatic heterocycles. The van der Waals surface area contributed by atoms with Crippen LogP contribution in [-0.2, 0) is 0 Å². The van der Waals surface area contributed by atoms with Crippen LogP contribution in [0.2, 0.25) is 0 Å². The quantitative estimate of drug-likeness (QED) is 0.283. The van der Waals surface area contributed by atoms with Crippen molar-refractivity contribution in [1.29, 1.82) is 5.26 Å². The molecule has 0 aliphatic carbocycles. The van der Waals surface area contributed by atoms with Crippen LogP contribution in [0.25, 0.3) is 10.8 Å². The zero-order valence-electron chi connectivity index (χ0n) is 18.5. The fourth-order valence-corrected chi connectivity index (χ4v) is 4.32. The summed E-state index contributed by atoms with van der Waals surface area (Å²) in [5, 5.41) is 11.7. The molecule has 0 heterocycles. The lowest BCUT2D eigenvalue weighted by molar-refractivity contribution is 0.921. The predicted molar refractivity (Wildman–Crippen MR) is 137 cm³/mol. The van der Waals surface area contributed by atoms with Crippen molar-refractivity contribution in [3.8, 4) is 6.07 Å². The van der Waals surface area contributed by atoms with E-state index in [1.165, 1.54) is 16.3 Å². The summed E-state index contributed by atoms with van der Waals surface area (Å²) in [5.74, 6) is 0.207. The fraction of sp³-hybridized carbons (Fsp3) is 0.0645. The van der Waals surface area contributed by atoms with Crippen LogP contribution < -0.4 is 4.90 Å². The molecule has 5 aromatic rings. The summed E-state index contributed by atoms with van der Waals surface area (Å²) in [7, 11) is 0. The molecular formula is C31H24N2.